The normalized spacial score (nSPS) is 13.8. The fourth-order valence-corrected chi connectivity index (χ4v) is 2.18. The van der Waals surface area contributed by atoms with Gasteiger partial charge in [0, 0.05) is 12.6 Å². The predicted molar refractivity (Wildman–Crippen MR) is 64.0 cm³/mol. The maximum absolute atomic E-state index is 11.4. The topological polar surface area (TPSA) is 46.6 Å². The molecule has 0 aliphatic heterocycles. The second-order valence-corrected chi connectivity index (χ2v) is 5.74. The summed E-state index contributed by atoms with van der Waals surface area (Å²) in [5.41, 5.74) is 0.859. The first-order chi connectivity index (χ1) is 7.38. The monoisotopic (exact) mass is 243 g/mol. The van der Waals surface area contributed by atoms with Gasteiger partial charge in [0.1, 0.15) is 5.75 Å². The van der Waals surface area contributed by atoms with E-state index in [1.807, 2.05) is 31.2 Å². The van der Waals surface area contributed by atoms with Crippen molar-refractivity contribution in [2.45, 2.75) is 13.0 Å². The number of ether oxygens (including phenoxy) is 1. The van der Waals surface area contributed by atoms with Crippen LogP contribution >= 0.6 is 0 Å². The number of methoxy groups -OCH3 is 1. The van der Waals surface area contributed by atoms with Crippen LogP contribution in [0.4, 0.5) is 0 Å². The van der Waals surface area contributed by atoms with Gasteiger partial charge in [-0.1, -0.05) is 18.2 Å². The van der Waals surface area contributed by atoms with E-state index in [-0.39, 0.29) is 6.04 Å². The lowest BCUT2D eigenvalue weighted by Crippen LogP contribution is -2.28. The Hall–Kier alpha value is -1.07. The molecule has 5 heteroatoms. The van der Waals surface area contributed by atoms with Crippen LogP contribution in [0.15, 0.2) is 24.3 Å². The van der Waals surface area contributed by atoms with Crippen molar-refractivity contribution in [1.82, 2.24) is 4.31 Å². The molecule has 4 nitrogen and oxygen atoms in total. The van der Waals surface area contributed by atoms with Crippen LogP contribution in [0.5, 0.6) is 5.75 Å². The van der Waals surface area contributed by atoms with Gasteiger partial charge in [-0.05, 0) is 13.0 Å². The molecule has 0 spiro atoms. The molecule has 0 saturated carbocycles. The summed E-state index contributed by atoms with van der Waals surface area (Å²) in [6.45, 7) is 1.83. The highest BCUT2D eigenvalue weighted by molar-refractivity contribution is 7.88. The van der Waals surface area contributed by atoms with E-state index >= 15 is 0 Å². The highest BCUT2D eigenvalue weighted by Crippen LogP contribution is 2.28. The Kier molecular flexibility index (Phi) is 3.93. The lowest BCUT2D eigenvalue weighted by Gasteiger charge is -2.24. The lowest BCUT2D eigenvalue weighted by atomic mass is 10.1. The summed E-state index contributed by atoms with van der Waals surface area (Å²) in [6.07, 6.45) is 1.19. The second kappa shape index (κ2) is 4.84. The summed E-state index contributed by atoms with van der Waals surface area (Å²) in [6, 6.07) is 7.17. The maximum atomic E-state index is 11.4. The molecule has 0 aliphatic rings. The Morgan fingerprint density at radius 2 is 1.88 bits per heavy atom. The molecule has 1 rings (SSSR count). The lowest BCUT2D eigenvalue weighted by molar-refractivity contribution is 0.369. The number of para-hydroxylation sites is 1. The highest BCUT2D eigenvalue weighted by atomic mass is 32.2. The minimum atomic E-state index is -3.20. The zero-order valence-electron chi connectivity index (χ0n) is 9.97. The Morgan fingerprint density at radius 3 is 2.38 bits per heavy atom. The standard InChI is InChI=1S/C11H17NO3S/c1-9(12(2)16(4,13)14)10-7-5-6-8-11(10)15-3/h5-9H,1-4H3. The molecule has 0 aromatic heterocycles. The van der Waals surface area contributed by atoms with Crippen LogP contribution in [0.25, 0.3) is 0 Å². The third-order valence-electron chi connectivity index (χ3n) is 2.66. The molecule has 0 fully saturated rings. The molecule has 16 heavy (non-hydrogen) atoms. The fourth-order valence-electron chi connectivity index (χ4n) is 1.49. The van der Waals surface area contributed by atoms with Gasteiger partial charge in [0.15, 0.2) is 0 Å². The van der Waals surface area contributed by atoms with E-state index in [2.05, 4.69) is 0 Å². The molecule has 1 aromatic rings. The Bertz CT molecular complexity index is 456. The van der Waals surface area contributed by atoms with Gasteiger partial charge in [-0.15, -0.1) is 0 Å². The summed E-state index contributed by atoms with van der Waals surface area (Å²) in [4.78, 5) is 0. The highest BCUT2D eigenvalue weighted by Gasteiger charge is 2.22. The van der Waals surface area contributed by atoms with Gasteiger partial charge in [0.25, 0.3) is 0 Å². The fraction of sp³-hybridized carbons (Fsp3) is 0.455. The Labute approximate surface area is 96.9 Å². The molecule has 1 aromatic carbocycles. The van der Waals surface area contributed by atoms with E-state index in [4.69, 9.17) is 4.74 Å². The van der Waals surface area contributed by atoms with Crippen molar-refractivity contribution >= 4 is 10.0 Å². The molecule has 0 N–H and O–H groups in total. The first-order valence-corrected chi connectivity index (χ1v) is 6.78. The van der Waals surface area contributed by atoms with E-state index in [0.717, 1.165) is 5.56 Å². The van der Waals surface area contributed by atoms with Crippen molar-refractivity contribution in [3.63, 3.8) is 0 Å². The summed E-state index contributed by atoms with van der Waals surface area (Å²) in [5, 5.41) is 0. The Morgan fingerprint density at radius 1 is 1.31 bits per heavy atom. The molecule has 1 atom stereocenters. The minimum absolute atomic E-state index is 0.244. The first-order valence-electron chi connectivity index (χ1n) is 4.94. The molecular weight excluding hydrogens is 226 g/mol. The molecule has 0 amide bonds. The van der Waals surface area contributed by atoms with Gasteiger partial charge in [-0.2, -0.15) is 4.31 Å². The average Bonchev–Trinajstić information content (AvgIpc) is 2.25. The van der Waals surface area contributed by atoms with Crippen molar-refractivity contribution < 1.29 is 13.2 Å². The van der Waals surface area contributed by atoms with E-state index in [9.17, 15) is 8.42 Å². The SMILES string of the molecule is COc1ccccc1C(C)N(C)S(C)(=O)=O. The van der Waals surface area contributed by atoms with Crippen molar-refractivity contribution in [3.8, 4) is 5.75 Å². The number of benzene rings is 1. The van der Waals surface area contributed by atoms with Gasteiger partial charge >= 0.3 is 0 Å². The minimum Gasteiger partial charge on any atom is -0.496 e. The van der Waals surface area contributed by atoms with Gasteiger partial charge in [-0.25, -0.2) is 8.42 Å². The zero-order valence-corrected chi connectivity index (χ0v) is 10.8. The summed E-state index contributed by atoms with van der Waals surface area (Å²) in [5.74, 6) is 0.700. The largest absolute Gasteiger partial charge is 0.496 e. The molecule has 0 heterocycles. The molecule has 0 saturated heterocycles. The molecule has 90 valence electrons. The summed E-state index contributed by atoms with van der Waals surface area (Å²) in [7, 11) is -0.0601. The van der Waals surface area contributed by atoms with Crippen LogP contribution in [0, 0.1) is 0 Å². The number of hydrogen-bond donors (Lipinski definition) is 0. The molecule has 0 bridgehead atoms. The maximum Gasteiger partial charge on any atom is 0.211 e. The Balaban J connectivity index is 3.10. The van der Waals surface area contributed by atoms with Crippen molar-refractivity contribution in [2.75, 3.05) is 20.4 Å². The van der Waals surface area contributed by atoms with Crippen molar-refractivity contribution in [3.05, 3.63) is 29.8 Å². The predicted octanol–water partition coefficient (Wildman–Crippen LogP) is 1.65. The van der Waals surface area contributed by atoms with Gasteiger partial charge < -0.3 is 4.74 Å². The summed E-state index contributed by atoms with van der Waals surface area (Å²) < 4.78 is 29.4. The van der Waals surface area contributed by atoms with Crippen LogP contribution in [-0.4, -0.2) is 33.1 Å². The van der Waals surface area contributed by atoms with E-state index in [1.165, 1.54) is 10.6 Å². The number of nitrogens with zero attached hydrogens (tertiary/aromatic N) is 1. The average molecular weight is 243 g/mol. The second-order valence-electron chi connectivity index (χ2n) is 3.70. The smallest absolute Gasteiger partial charge is 0.211 e. The van der Waals surface area contributed by atoms with Crippen LogP contribution in [0.2, 0.25) is 0 Å². The van der Waals surface area contributed by atoms with Crippen molar-refractivity contribution in [2.24, 2.45) is 0 Å². The van der Waals surface area contributed by atoms with Gasteiger partial charge in [0.2, 0.25) is 10.0 Å². The van der Waals surface area contributed by atoms with Gasteiger partial charge in [-0.3, -0.25) is 0 Å². The molecular formula is C11H17NO3S. The zero-order chi connectivity index (χ0) is 12.3. The first kappa shape index (κ1) is 13.0. The number of sulfonamides is 1. The van der Waals surface area contributed by atoms with E-state index < -0.39 is 10.0 Å². The third-order valence-corrected chi connectivity index (χ3v) is 4.02. The third kappa shape index (κ3) is 2.74. The van der Waals surface area contributed by atoms with Gasteiger partial charge in [0.05, 0.1) is 19.4 Å². The van der Waals surface area contributed by atoms with Crippen LogP contribution in [-0.2, 0) is 10.0 Å². The van der Waals surface area contributed by atoms with Crippen LogP contribution in [0.1, 0.15) is 18.5 Å². The number of rotatable bonds is 4. The van der Waals surface area contributed by atoms with E-state index in [1.54, 1.807) is 14.2 Å². The summed E-state index contributed by atoms with van der Waals surface area (Å²) >= 11 is 0. The molecule has 1 unspecified atom stereocenters. The van der Waals surface area contributed by atoms with Crippen LogP contribution in [0.3, 0.4) is 0 Å². The van der Waals surface area contributed by atoms with E-state index in [0.29, 0.717) is 5.75 Å². The number of hydrogen-bond acceptors (Lipinski definition) is 3. The molecule has 0 aliphatic carbocycles. The van der Waals surface area contributed by atoms with Crippen molar-refractivity contribution in [1.29, 1.82) is 0 Å². The van der Waals surface area contributed by atoms with Crippen LogP contribution < -0.4 is 4.74 Å². The molecule has 0 radical (unpaired) electrons. The quantitative estimate of drug-likeness (QED) is 0.807.